The Labute approximate surface area is 162 Å². The zero-order valence-electron chi connectivity index (χ0n) is 15.0. The van der Waals surface area contributed by atoms with Gasteiger partial charge in [-0.15, -0.1) is 0 Å². The molecule has 1 fully saturated rings. The molecule has 9 heteroatoms. The van der Waals surface area contributed by atoms with E-state index in [1.165, 1.54) is 16.4 Å². The lowest BCUT2D eigenvalue weighted by Gasteiger charge is -2.31. The fourth-order valence-electron chi connectivity index (χ4n) is 3.37. The van der Waals surface area contributed by atoms with E-state index < -0.39 is 15.8 Å². The highest BCUT2D eigenvalue weighted by Gasteiger charge is 2.31. The molecule has 28 heavy (non-hydrogen) atoms. The maximum atomic E-state index is 13.1. The Morgan fingerprint density at radius 2 is 2.04 bits per heavy atom. The number of halogens is 1. The minimum Gasteiger partial charge on any atom is -0.334 e. The zero-order valence-corrected chi connectivity index (χ0v) is 15.8. The Bertz CT molecular complexity index is 1040. The van der Waals surface area contributed by atoms with Crippen LogP contribution in [0.3, 0.4) is 0 Å². The lowest BCUT2D eigenvalue weighted by Crippen LogP contribution is -2.40. The van der Waals surface area contributed by atoms with Crippen molar-refractivity contribution in [3.05, 3.63) is 60.4 Å². The van der Waals surface area contributed by atoms with Gasteiger partial charge in [0, 0.05) is 31.9 Å². The highest BCUT2D eigenvalue weighted by atomic mass is 32.2. The second-order valence-corrected chi connectivity index (χ2v) is 8.72. The topological polar surface area (TPSA) is 89.2 Å². The van der Waals surface area contributed by atoms with Crippen molar-refractivity contribution < 1.29 is 17.3 Å². The molecule has 146 valence electrons. The van der Waals surface area contributed by atoms with Crippen LogP contribution in [0.5, 0.6) is 0 Å². The third-order valence-electron chi connectivity index (χ3n) is 4.78. The lowest BCUT2D eigenvalue weighted by molar-refractivity contribution is 0.261. The largest absolute Gasteiger partial charge is 0.334 e. The average Bonchev–Trinajstić information content (AvgIpc) is 3.18. The molecule has 1 unspecified atom stereocenters. The molecule has 4 rings (SSSR count). The number of aromatic nitrogens is 3. The number of benzene rings is 1. The third kappa shape index (κ3) is 3.95. The highest BCUT2D eigenvalue weighted by molar-refractivity contribution is 7.89. The molecule has 0 radical (unpaired) electrons. The molecular formula is C19H19FN4O3S. The number of rotatable bonds is 5. The molecule has 0 spiro atoms. The minimum atomic E-state index is -3.65. The van der Waals surface area contributed by atoms with E-state index >= 15 is 0 Å². The number of hydrogen-bond acceptors (Lipinski definition) is 6. The number of pyridine rings is 1. The molecule has 1 aliphatic heterocycles. The monoisotopic (exact) mass is 402 g/mol. The number of piperidine rings is 1. The van der Waals surface area contributed by atoms with Crippen LogP contribution in [0.4, 0.5) is 4.39 Å². The van der Waals surface area contributed by atoms with Crippen LogP contribution in [0.2, 0.25) is 0 Å². The van der Waals surface area contributed by atoms with Gasteiger partial charge < -0.3 is 4.52 Å². The summed E-state index contributed by atoms with van der Waals surface area (Å²) in [5.74, 6) is 0.569. The van der Waals surface area contributed by atoms with Crippen molar-refractivity contribution in [2.24, 2.45) is 5.92 Å². The van der Waals surface area contributed by atoms with Gasteiger partial charge in [-0.2, -0.15) is 9.29 Å². The quantitative estimate of drug-likeness (QED) is 0.652. The van der Waals surface area contributed by atoms with Gasteiger partial charge in [0.05, 0.1) is 10.5 Å². The van der Waals surface area contributed by atoms with Gasteiger partial charge in [-0.25, -0.2) is 12.8 Å². The average molecular weight is 402 g/mol. The molecule has 3 aromatic rings. The molecule has 0 bridgehead atoms. The van der Waals surface area contributed by atoms with E-state index in [4.69, 9.17) is 4.52 Å². The fourth-order valence-corrected chi connectivity index (χ4v) is 4.92. The number of nitrogens with zero attached hydrogens (tertiary/aromatic N) is 4. The van der Waals surface area contributed by atoms with Gasteiger partial charge in [0.1, 0.15) is 5.82 Å². The third-order valence-corrected chi connectivity index (χ3v) is 6.66. The molecule has 1 atom stereocenters. The molecule has 0 amide bonds. The summed E-state index contributed by atoms with van der Waals surface area (Å²) in [7, 11) is -3.65. The number of hydrogen-bond donors (Lipinski definition) is 0. The van der Waals surface area contributed by atoms with Gasteiger partial charge in [-0.1, -0.05) is 5.16 Å². The summed E-state index contributed by atoms with van der Waals surface area (Å²) < 4.78 is 45.5. The lowest BCUT2D eigenvalue weighted by atomic mass is 9.96. The van der Waals surface area contributed by atoms with Crippen molar-refractivity contribution in [3.63, 3.8) is 0 Å². The Hall–Kier alpha value is -2.65. The minimum absolute atomic E-state index is 0.0864. The molecular weight excluding hydrogens is 383 g/mol. The van der Waals surface area contributed by atoms with E-state index in [2.05, 4.69) is 15.1 Å². The van der Waals surface area contributed by atoms with E-state index in [1.807, 2.05) is 6.07 Å². The second-order valence-electron chi connectivity index (χ2n) is 6.79. The first-order valence-corrected chi connectivity index (χ1v) is 10.4. The summed E-state index contributed by atoms with van der Waals surface area (Å²) in [5, 5.41) is 4.02. The van der Waals surface area contributed by atoms with E-state index in [1.54, 1.807) is 18.5 Å². The van der Waals surface area contributed by atoms with Crippen LogP contribution in [0.25, 0.3) is 11.5 Å². The molecule has 3 heterocycles. The predicted molar refractivity (Wildman–Crippen MR) is 99.1 cm³/mol. The highest BCUT2D eigenvalue weighted by Crippen LogP contribution is 2.26. The van der Waals surface area contributed by atoms with E-state index in [-0.39, 0.29) is 10.8 Å². The molecule has 0 saturated carbocycles. The van der Waals surface area contributed by atoms with Crippen LogP contribution in [-0.2, 0) is 16.4 Å². The molecule has 1 aromatic carbocycles. The summed E-state index contributed by atoms with van der Waals surface area (Å²) in [4.78, 5) is 8.54. The van der Waals surface area contributed by atoms with Crippen LogP contribution in [0.1, 0.15) is 18.7 Å². The molecule has 7 nitrogen and oxygen atoms in total. The molecule has 1 aliphatic rings. The fraction of sp³-hybridized carbons (Fsp3) is 0.316. The first-order valence-electron chi connectivity index (χ1n) is 9.01. The van der Waals surface area contributed by atoms with Gasteiger partial charge in [-0.05, 0) is 55.2 Å². The van der Waals surface area contributed by atoms with Gasteiger partial charge in [-0.3, -0.25) is 4.98 Å². The van der Waals surface area contributed by atoms with Crippen LogP contribution in [0.15, 0.2) is 58.2 Å². The summed E-state index contributed by atoms with van der Waals surface area (Å²) in [6, 6.07) is 8.54. The summed E-state index contributed by atoms with van der Waals surface area (Å²) in [6.45, 7) is 0.819. The maximum absolute atomic E-state index is 13.1. The second kappa shape index (κ2) is 7.76. The van der Waals surface area contributed by atoms with Crippen LogP contribution < -0.4 is 0 Å². The standard InChI is InChI=1S/C19H19FN4O3S/c20-16-5-7-17(8-6-16)28(25,26)24-10-2-3-14(13-24)11-18-22-19(27-23-18)15-4-1-9-21-12-15/h1,4-9,12,14H,2-3,10-11,13H2. The van der Waals surface area contributed by atoms with Crippen molar-refractivity contribution in [1.82, 2.24) is 19.4 Å². The van der Waals surface area contributed by atoms with E-state index in [0.717, 1.165) is 30.5 Å². The Morgan fingerprint density at radius 1 is 1.21 bits per heavy atom. The normalized spacial score (nSPS) is 18.2. The SMILES string of the molecule is O=S(=O)(c1ccc(F)cc1)N1CCCC(Cc2noc(-c3cccnc3)n2)C1. The summed E-state index contributed by atoms with van der Waals surface area (Å²) in [5.41, 5.74) is 0.741. The van der Waals surface area contributed by atoms with Crippen molar-refractivity contribution >= 4 is 10.0 Å². The van der Waals surface area contributed by atoms with E-state index in [0.29, 0.717) is 31.2 Å². The first-order chi connectivity index (χ1) is 13.5. The Morgan fingerprint density at radius 3 is 2.79 bits per heavy atom. The zero-order chi connectivity index (χ0) is 19.6. The molecule has 0 N–H and O–H groups in total. The van der Waals surface area contributed by atoms with E-state index in [9.17, 15) is 12.8 Å². The van der Waals surface area contributed by atoms with Crippen molar-refractivity contribution in [1.29, 1.82) is 0 Å². The Balaban J connectivity index is 1.46. The molecule has 0 aliphatic carbocycles. The van der Waals surface area contributed by atoms with Crippen LogP contribution in [0, 0.1) is 11.7 Å². The smallest absolute Gasteiger partial charge is 0.259 e. The molecule has 2 aromatic heterocycles. The first kappa shape index (κ1) is 18.7. The van der Waals surface area contributed by atoms with Gasteiger partial charge in [0.25, 0.3) is 5.89 Å². The van der Waals surface area contributed by atoms with Gasteiger partial charge in [0.2, 0.25) is 10.0 Å². The van der Waals surface area contributed by atoms with Gasteiger partial charge >= 0.3 is 0 Å². The number of sulfonamides is 1. The summed E-state index contributed by atoms with van der Waals surface area (Å²) >= 11 is 0. The van der Waals surface area contributed by atoms with Crippen LogP contribution >= 0.6 is 0 Å². The molecule has 1 saturated heterocycles. The Kier molecular flexibility index (Phi) is 5.19. The van der Waals surface area contributed by atoms with Crippen LogP contribution in [-0.4, -0.2) is 40.9 Å². The van der Waals surface area contributed by atoms with Crippen molar-refractivity contribution in [3.8, 4) is 11.5 Å². The van der Waals surface area contributed by atoms with Crippen molar-refractivity contribution in [2.75, 3.05) is 13.1 Å². The van der Waals surface area contributed by atoms with Gasteiger partial charge in [0.15, 0.2) is 5.82 Å². The predicted octanol–water partition coefficient (Wildman–Crippen LogP) is 2.91. The summed E-state index contributed by atoms with van der Waals surface area (Å²) in [6.07, 6.45) is 5.47. The van der Waals surface area contributed by atoms with Crippen molar-refractivity contribution in [2.45, 2.75) is 24.2 Å². The maximum Gasteiger partial charge on any atom is 0.259 e.